The van der Waals surface area contributed by atoms with Crippen LogP contribution in [0, 0.1) is 0 Å². The summed E-state index contributed by atoms with van der Waals surface area (Å²) < 4.78 is 47.3. The topological polar surface area (TPSA) is 76.7 Å². The Bertz CT molecular complexity index is 941. The van der Waals surface area contributed by atoms with Crippen LogP contribution in [-0.4, -0.2) is 24.8 Å². The van der Waals surface area contributed by atoms with Gasteiger partial charge in [0.25, 0.3) is 0 Å². The number of rotatable bonds is 6. The molecule has 0 spiro atoms. The Kier molecular flexibility index (Phi) is 6.29. The third-order valence-corrected chi connectivity index (χ3v) is 4.32. The minimum atomic E-state index is -4.65. The molecule has 30 heavy (non-hydrogen) atoms. The first-order chi connectivity index (χ1) is 14.2. The van der Waals surface area contributed by atoms with Crippen LogP contribution in [0.4, 0.5) is 18.0 Å². The number of nitrogens with one attached hydrogen (secondary N) is 2. The molecular formula is C21H19F3N2O4. The Morgan fingerprint density at radius 1 is 1.07 bits per heavy atom. The van der Waals surface area contributed by atoms with Crippen molar-refractivity contribution in [3.63, 3.8) is 0 Å². The third-order valence-electron chi connectivity index (χ3n) is 4.32. The minimum absolute atomic E-state index is 0.100. The van der Waals surface area contributed by atoms with Crippen LogP contribution in [0.3, 0.4) is 0 Å². The van der Waals surface area contributed by atoms with Gasteiger partial charge >= 0.3 is 18.2 Å². The van der Waals surface area contributed by atoms with Crippen molar-refractivity contribution >= 4 is 12.0 Å². The number of hydrogen-bond donors (Lipinski definition) is 2. The summed E-state index contributed by atoms with van der Waals surface area (Å²) in [5.41, 5.74) is 1.51. The number of allylic oxidation sites excluding steroid dienone is 1. The van der Waals surface area contributed by atoms with Gasteiger partial charge in [0.1, 0.15) is 12.4 Å². The van der Waals surface area contributed by atoms with E-state index in [0.717, 1.165) is 5.56 Å². The summed E-state index contributed by atoms with van der Waals surface area (Å²) >= 11 is 0. The maximum absolute atomic E-state index is 12.4. The van der Waals surface area contributed by atoms with Gasteiger partial charge in [-0.2, -0.15) is 13.2 Å². The first-order valence-electron chi connectivity index (χ1n) is 9.02. The van der Waals surface area contributed by atoms with E-state index in [4.69, 9.17) is 4.74 Å². The van der Waals surface area contributed by atoms with Crippen molar-refractivity contribution < 1.29 is 32.2 Å². The van der Waals surface area contributed by atoms with Crippen LogP contribution in [0.15, 0.2) is 65.9 Å². The van der Waals surface area contributed by atoms with E-state index in [1.165, 1.54) is 6.92 Å². The molecule has 158 valence electrons. The van der Waals surface area contributed by atoms with Crippen molar-refractivity contribution in [2.45, 2.75) is 25.7 Å². The molecule has 2 aromatic rings. The lowest BCUT2D eigenvalue weighted by atomic mass is 9.95. The maximum atomic E-state index is 12.4. The molecule has 3 rings (SSSR count). The van der Waals surface area contributed by atoms with Gasteiger partial charge in [-0.1, -0.05) is 42.5 Å². The molecule has 1 aliphatic heterocycles. The van der Waals surface area contributed by atoms with Crippen molar-refractivity contribution in [1.82, 2.24) is 10.6 Å². The fourth-order valence-corrected chi connectivity index (χ4v) is 2.94. The highest BCUT2D eigenvalue weighted by molar-refractivity contribution is 5.95. The normalized spacial score (nSPS) is 16.5. The number of ether oxygens (including phenoxy) is 2. The molecule has 9 heteroatoms. The van der Waals surface area contributed by atoms with Crippen LogP contribution in [0.25, 0.3) is 0 Å². The van der Waals surface area contributed by atoms with E-state index in [0.29, 0.717) is 17.9 Å². The Balaban J connectivity index is 1.75. The Morgan fingerprint density at radius 3 is 2.37 bits per heavy atom. The molecular weight excluding hydrogens is 401 g/mol. The molecule has 2 N–H and O–H groups in total. The predicted molar refractivity (Wildman–Crippen MR) is 101 cm³/mol. The third kappa shape index (κ3) is 5.53. The molecule has 0 saturated heterocycles. The molecule has 0 fully saturated rings. The van der Waals surface area contributed by atoms with Gasteiger partial charge in [0.15, 0.2) is 6.61 Å². The number of carbonyl (C=O) groups is 2. The number of esters is 1. The van der Waals surface area contributed by atoms with Gasteiger partial charge in [-0.25, -0.2) is 9.59 Å². The fraction of sp³-hybridized carbons (Fsp3) is 0.238. The second kappa shape index (κ2) is 8.89. The molecule has 1 heterocycles. The number of hydrogen-bond acceptors (Lipinski definition) is 4. The summed E-state index contributed by atoms with van der Waals surface area (Å²) in [7, 11) is 0. The molecule has 0 radical (unpaired) electrons. The van der Waals surface area contributed by atoms with E-state index in [1.54, 1.807) is 24.3 Å². The minimum Gasteiger partial charge on any atom is -0.489 e. The molecule has 0 bridgehead atoms. The van der Waals surface area contributed by atoms with Crippen molar-refractivity contribution in [2.75, 3.05) is 6.61 Å². The van der Waals surface area contributed by atoms with Crippen LogP contribution in [0.1, 0.15) is 24.1 Å². The average molecular weight is 420 g/mol. The zero-order valence-corrected chi connectivity index (χ0v) is 16.0. The van der Waals surface area contributed by atoms with Crippen LogP contribution in [-0.2, 0) is 16.1 Å². The van der Waals surface area contributed by atoms with Gasteiger partial charge in [0.05, 0.1) is 11.6 Å². The van der Waals surface area contributed by atoms with Gasteiger partial charge in [0, 0.05) is 5.70 Å². The summed E-state index contributed by atoms with van der Waals surface area (Å²) in [6.07, 6.45) is -4.65. The molecule has 0 aromatic heterocycles. The first-order valence-corrected chi connectivity index (χ1v) is 9.02. The molecule has 0 aliphatic carbocycles. The number of halogens is 3. The summed E-state index contributed by atoms with van der Waals surface area (Å²) in [4.78, 5) is 24.1. The zero-order valence-electron chi connectivity index (χ0n) is 16.0. The molecule has 2 amide bonds. The Morgan fingerprint density at radius 2 is 1.73 bits per heavy atom. The van der Waals surface area contributed by atoms with Gasteiger partial charge in [-0.15, -0.1) is 0 Å². The van der Waals surface area contributed by atoms with Gasteiger partial charge in [-0.3, -0.25) is 0 Å². The number of benzene rings is 2. The Hall–Kier alpha value is -3.49. The van der Waals surface area contributed by atoms with Crippen LogP contribution >= 0.6 is 0 Å². The largest absolute Gasteiger partial charge is 0.489 e. The van der Waals surface area contributed by atoms with Crippen molar-refractivity contribution in [1.29, 1.82) is 0 Å². The lowest BCUT2D eigenvalue weighted by Crippen LogP contribution is -2.45. The van der Waals surface area contributed by atoms with Crippen LogP contribution < -0.4 is 15.4 Å². The standard InChI is InChI=1S/C21H19F3N2O4/c1-13-17(19(27)30-12-21(22,23)24)18(26-20(28)25-13)15-7-9-16(10-8-15)29-11-14-5-3-2-4-6-14/h2-10,18H,11-12H2,1H3,(H2,25,26,28)/t18-/m1/s1. The van der Waals surface area contributed by atoms with E-state index in [2.05, 4.69) is 15.4 Å². The fourth-order valence-electron chi connectivity index (χ4n) is 2.94. The smallest absolute Gasteiger partial charge is 0.422 e. The number of amides is 2. The van der Waals surface area contributed by atoms with Crippen molar-refractivity contribution in [2.24, 2.45) is 0 Å². The maximum Gasteiger partial charge on any atom is 0.422 e. The molecule has 2 aromatic carbocycles. The highest BCUT2D eigenvalue weighted by Crippen LogP contribution is 2.29. The van der Waals surface area contributed by atoms with E-state index in [-0.39, 0.29) is 11.3 Å². The highest BCUT2D eigenvalue weighted by Gasteiger charge is 2.35. The first kappa shape index (κ1) is 21.2. The molecule has 0 saturated carbocycles. The van der Waals surface area contributed by atoms with E-state index >= 15 is 0 Å². The monoisotopic (exact) mass is 420 g/mol. The van der Waals surface area contributed by atoms with Gasteiger partial charge in [-0.05, 0) is 30.2 Å². The SMILES string of the molecule is CC1=C(C(=O)OCC(F)(F)F)[C@@H](c2ccc(OCc3ccccc3)cc2)NC(=O)N1. The van der Waals surface area contributed by atoms with E-state index in [1.807, 2.05) is 30.3 Å². The lowest BCUT2D eigenvalue weighted by molar-refractivity contribution is -0.183. The second-order valence-corrected chi connectivity index (χ2v) is 6.60. The van der Waals surface area contributed by atoms with Crippen molar-refractivity contribution in [3.05, 3.63) is 77.0 Å². The van der Waals surface area contributed by atoms with Gasteiger partial charge in [0.2, 0.25) is 0 Å². The second-order valence-electron chi connectivity index (χ2n) is 6.60. The van der Waals surface area contributed by atoms with Crippen LogP contribution in [0.2, 0.25) is 0 Å². The quantitative estimate of drug-likeness (QED) is 0.693. The predicted octanol–water partition coefficient (Wildman–Crippen LogP) is 4.00. The van der Waals surface area contributed by atoms with E-state index in [9.17, 15) is 22.8 Å². The average Bonchev–Trinajstić information content (AvgIpc) is 2.70. The molecule has 0 unspecified atom stereocenters. The van der Waals surface area contributed by atoms with Crippen molar-refractivity contribution in [3.8, 4) is 5.75 Å². The number of carbonyl (C=O) groups excluding carboxylic acids is 2. The summed E-state index contributed by atoms with van der Waals surface area (Å²) in [6, 6.07) is 14.6. The number of urea groups is 1. The van der Waals surface area contributed by atoms with Gasteiger partial charge < -0.3 is 20.1 Å². The molecule has 1 aliphatic rings. The highest BCUT2D eigenvalue weighted by atomic mass is 19.4. The number of alkyl halides is 3. The lowest BCUT2D eigenvalue weighted by Gasteiger charge is -2.28. The summed E-state index contributed by atoms with van der Waals surface area (Å²) in [5.74, 6) is -0.600. The van der Waals surface area contributed by atoms with Crippen LogP contribution in [0.5, 0.6) is 5.75 Å². The molecule has 6 nitrogen and oxygen atoms in total. The zero-order chi connectivity index (χ0) is 21.7. The Labute approximate surface area is 170 Å². The summed E-state index contributed by atoms with van der Waals surface area (Å²) in [6.45, 7) is 0.0705. The molecule has 1 atom stereocenters. The van der Waals surface area contributed by atoms with E-state index < -0.39 is 30.8 Å². The summed E-state index contributed by atoms with van der Waals surface area (Å²) in [5, 5.41) is 4.92.